The van der Waals surface area contributed by atoms with Crippen LogP contribution in [0.15, 0.2) is 0 Å². The van der Waals surface area contributed by atoms with E-state index in [0.717, 1.165) is 6.42 Å². The Morgan fingerprint density at radius 2 is 2.38 bits per heavy atom. The minimum absolute atomic E-state index is 0.0459. The number of aliphatic hydroxyl groups excluding tert-OH is 1. The minimum Gasteiger partial charge on any atom is -0.480 e. The third-order valence-electron chi connectivity index (χ3n) is 2.82. The van der Waals surface area contributed by atoms with Gasteiger partial charge in [0.25, 0.3) is 0 Å². The summed E-state index contributed by atoms with van der Waals surface area (Å²) in [6, 6.07) is 0.188. The second kappa shape index (κ2) is 3.64. The van der Waals surface area contributed by atoms with Crippen molar-refractivity contribution in [1.82, 2.24) is 5.32 Å². The van der Waals surface area contributed by atoms with Crippen LogP contribution in [-0.4, -0.2) is 34.4 Å². The maximum atomic E-state index is 10.9. The molecule has 0 spiro atoms. The lowest BCUT2D eigenvalue weighted by atomic mass is 10.1. The van der Waals surface area contributed by atoms with E-state index >= 15 is 0 Å². The molecule has 0 saturated heterocycles. The van der Waals surface area contributed by atoms with Crippen molar-refractivity contribution in [1.29, 1.82) is 0 Å². The lowest BCUT2D eigenvalue weighted by Gasteiger charge is -2.19. The zero-order chi connectivity index (χ0) is 10.1. The number of hydrogen-bond donors (Lipinski definition) is 3. The summed E-state index contributed by atoms with van der Waals surface area (Å²) in [5.41, 5.74) is -0.843. The van der Waals surface area contributed by atoms with Gasteiger partial charge in [0.1, 0.15) is 5.54 Å². The Morgan fingerprint density at radius 1 is 1.77 bits per heavy atom. The number of aliphatic hydroxyl groups is 1. The van der Waals surface area contributed by atoms with E-state index < -0.39 is 11.5 Å². The van der Waals surface area contributed by atoms with Gasteiger partial charge in [0.15, 0.2) is 0 Å². The van der Waals surface area contributed by atoms with Crippen LogP contribution < -0.4 is 5.32 Å². The zero-order valence-corrected chi connectivity index (χ0v) is 8.08. The summed E-state index contributed by atoms with van der Waals surface area (Å²) >= 11 is 0. The van der Waals surface area contributed by atoms with Crippen LogP contribution in [0.2, 0.25) is 0 Å². The molecule has 1 fully saturated rings. The Hall–Kier alpha value is -0.610. The lowest BCUT2D eigenvalue weighted by Crippen LogP contribution is -2.46. The molecule has 76 valence electrons. The van der Waals surface area contributed by atoms with Gasteiger partial charge >= 0.3 is 5.97 Å². The van der Waals surface area contributed by atoms with Crippen molar-refractivity contribution in [3.63, 3.8) is 0 Å². The van der Waals surface area contributed by atoms with Crippen LogP contribution in [0.3, 0.4) is 0 Å². The number of hydrogen-bond acceptors (Lipinski definition) is 3. The van der Waals surface area contributed by atoms with Gasteiger partial charge in [-0.3, -0.25) is 10.1 Å². The summed E-state index contributed by atoms with van der Waals surface area (Å²) in [4.78, 5) is 10.9. The fraction of sp³-hybridized carbons (Fsp3) is 0.889. The molecule has 3 N–H and O–H groups in total. The van der Waals surface area contributed by atoms with Gasteiger partial charge in [-0.25, -0.2) is 0 Å². The molecule has 1 aliphatic rings. The summed E-state index contributed by atoms with van der Waals surface area (Å²) in [5.74, 6) is -0.953. The van der Waals surface area contributed by atoms with Crippen LogP contribution in [0.5, 0.6) is 0 Å². The Kier molecular flexibility index (Phi) is 2.93. The van der Waals surface area contributed by atoms with Gasteiger partial charge < -0.3 is 10.2 Å². The highest BCUT2D eigenvalue weighted by Gasteiger charge is 2.60. The summed E-state index contributed by atoms with van der Waals surface area (Å²) < 4.78 is 0. The number of carbonyl (C=O) groups is 1. The van der Waals surface area contributed by atoms with E-state index in [1.165, 1.54) is 0 Å². The van der Waals surface area contributed by atoms with Gasteiger partial charge in [-0.15, -0.1) is 0 Å². The number of aliphatic carboxylic acids is 1. The SMILES string of the molecule is CCC(C)N[C@]1(C(=O)O)CC1CO. The largest absolute Gasteiger partial charge is 0.480 e. The third-order valence-corrected chi connectivity index (χ3v) is 2.82. The zero-order valence-electron chi connectivity index (χ0n) is 8.08. The monoisotopic (exact) mass is 187 g/mol. The summed E-state index contributed by atoms with van der Waals surface area (Å²) in [7, 11) is 0. The maximum Gasteiger partial charge on any atom is 0.324 e. The van der Waals surface area contributed by atoms with Gasteiger partial charge in [0, 0.05) is 18.6 Å². The minimum atomic E-state index is -0.843. The summed E-state index contributed by atoms with van der Waals surface area (Å²) in [6.07, 6.45) is 1.44. The standard InChI is InChI=1S/C9H17NO3/c1-3-6(2)10-9(8(12)13)4-7(9)5-11/h6-7,10-11H,3-5H2,1-2H3,(H,12,13)/t6?,7?,9-/m1/s1. The third kappa shape index (κ3) is 1.84. The number of rotatable bonds is 5. The lowest BCUT2D eigenvalue weighted by molar-refractivity contribution is -0.141. The van der Waals surface area contributed by atoms with Gasteiger partial charge in [0.2, 0.25) is 0 Å². The molecule has 1 aliphatic carbocycles. The second-order valence-electron chi connectivity index (χ2n) is 3.81. The maximum absolute atomic E-state index is 10.9. The van der Waals surface area contributed by atoms with Crippen molar-refractivity contribution >= 4 is 5.97 Å². The molecule has 0 radical (unpaired) electrons. The molecular formula is C9H17NO3. The van der Waals surface area contributed by atoms with Crippen molar-refractivity contribution in [2.24, 2.45) is 5.92 Å². The molecule has 4 heteroatoms. The van der Waals surface area contributed by atoms with E-state index in [4.69, 9.17) is 10.2 Å². The molecular weight excluding hydrogens is 170 g/mol. The van der Waals surface area contributed by atoms with E-state index in [0.29, 0.717) is 6.42 Å². The van der Waals surface area contributed by atoms with Crippen LogP contribution in [0.25, 0.3) is 0 Å². The van der Waals surface area contributed by atoms with Crippen LogP contribution in [0, 0.1) is 5.92 Å². The molecule has 0 aromatic carbocycles. The van der Waals surface area contributed by atoms with Crippen LogP contribution in [-0.2, 0) is 4.79 Å². The van der Waals surface area contributed by atoms with Crippen molar-refractivity contribution in [2.75, 3.05) is 6.61 Å². The number of nitrogens with one attached hydrogen (secondary N) is 1. The van der Waals surface area contributed by atoms with E-state index in [2.05, 4.69) is 5.32 Å². The molecule has 0 aromatic heterocycles. The molecule has 0 aromatic rings. The topological polar surface area (TPSA) is 69.6 Å². The summed E-state index contributed by atoms with van der Waals surface area (Å²) in [5, 5.41) is 20.9. The second-order valence-corrected chi connectivity index (χ2v) is 3.81. The summed E-state index contributed by atoms with van der Waals surface area (Å²) in [6.45, 7) is 3.91. The Morgan fingerprint density at radius 3 is 2.69 bits per heavy atom. The highest BCUT2D eigenvalue weighted by atomic mass is 16.4. The van der Waals surface area contributed by atoms with Crippen molar-refractivity contribution < 1.29 is 15.0 Å². The molecule has 1 rings (SSSR count). The normalized spacial score (nSPS) is 34.2. The first-order valence-corrected chi connectivity index (χ1v) is 4.68. The first-order chi connectivity index (χ1) is 6.06. The molecule has 2 unspecified atom stereocenters. The predicted octanol–water partition coefficient (Wildman–Crippen LogP) is 0.210. The molecule has 3 atom stereocenters. The van der Waals surface area contributed by atoms with Crippen LogP contribution in [0.4, 0.5) is 0 Å². The molecule has 13 heavy (non-hydrogen) atoms. The molecule has 0 amide bonds. The first-order valence-electron chi connectivity index (χ1n) is 4.68. The highest BCUT2D eigenvalue weighted by Crippen LogP contribution is 2.43. The van der Waals surface area contributed by atoms with E-state index in [1.807, 2.05) is 13.8 Å². The smallest absolute Gasteiger partial charge is 0.324 e. The van der Waals surface area contributed by atoms with E-state index in [9.17, 15) is 4.79 Å². The highest BCUT2D eigenvalue weighted by molar-refractivity contribution is 5.83. The molecule has 0 aliphatic heterocycles. The fourth-order valence-electron chi connectivity index (χ4n) is 1.59. The van der Waals surface area contributed by atoms with Crippen molar-refractivity contribution in [2.45, 2.75) is 38.3 Å². The Bertz CT molecular complexity index is 207. The molecule has 1 saturated carbocycles. The van der Waals surface area contributed by atoms with Gasteiger partial charge in [-0.05, 0) is 19.8 Å². The molecule has 0 heterocycles. The Balaban J connectivity index is 2.57. The van der Waals surface area contributed by atoms with E-state index in [-0.39, 0.29) is 18.6 Å². The average Bonchev–Trinajstić information content (AvgIpc) is 2.80. The van der Waals surface area contributed by atoms with E-state index in [1.54, 1.807) is 0 Å². The van der Waals surface area contributed by atoms with Gasteiger partial charge in [-0.1, -0.05) is 6.92 Å². The quantitative estimate of drug-likeness (QED) is 0.575. The fourth-order valence-corrected chi connectivity index (χ4v) is 1.59. The molecule has 0 bridgehead atoms. The first kappa shape index (κ1) is 10.5. The average molecular weight is 187 g/mol. The van der Waals surface area contributed by atoms with Crippen molar-refractivity contribution in [3.8, 4) is 0 Å². The van der Waals surface area contributed by atoms with Crippen LogP contribution in [0.1, 0.15) is 26.7 Å². The van der Waals surface area contributed by atoms with Crippen LogP contribution >= 0.6 is 0 Å². The predicted molar refractivity (Wildman–Crippen MR) is 48.4 cm³/mol. The van der Waals surface area contributed by atoms with Crippen molar-refractivity contribution in [3.05, 3.63) is 0 Å². The number of carboxylic acid groups (broad SMARTS) is 1. The van der Waals surface area contributed by atoms with Gasteiger partial charge in [-0.2, -0.15) is 0 Å². The molecule has 4 nitrogen and oxygen atoms in total. The Labute approximate surface area is 78.0 Å². The van der Waals surface area contributed by atoms with Gasteiger partial charge in [0.05, 0.1) is 0 Å². The number of carboxylic acids is 1.